The van der Waals surface area contributed by atoms with Crippen molar-refractivity contribution in [1.82, 2.24) is 10.6 Å². The van der Waals surface area contributed by atoms with Gasteiger partial charge in [0.2, 0.25) is 0 Å². The Kier molecular flexibility index (Phi) is 3.24. The van der Waals surface area contributed by atoms with Gasteiger partial charge in [-0.3, -0.25) is 4.79 Å². The molecule has 0 spiro atoms. The lowest BCUT2D eigenvalue weighted by Gasteiger charge is -2.18. The number of thiophene rings is 1. The second-order valence-electron chi connectivity index (χ2n) is 4.92. The lowest BCUT2D eigenvalue weighted by Crippen LogP contribution is -2.39. The van der Waals surface area contributed by atoms with Crippen molar-refractivity contribution < 1.29 is 4.79 Å². The topological polar surface area (TPSA) is 64.9 Å². The first-order chi connectivity index (χ1) is 10.0. The van der Waals surface area contributed by atoms with E-state index < -0.39 is 5.54 Å². The number of amides is 1. The molecule has 1 aromatic heterocycles. The minimum absolute atomic E-state index is 0.138. The fourth-order valence-corrected chi connectivity index (χ4v) is 3.53. The molecule has 2 N–H and O–H groups in total. The highest BCUT2D eigenvalue weighted by atomic mass is 32.1. The summed E-state index contributed by atoms with van der Waals surface area (Å²) >= 11 is 6.51. The van der Waals surface area contributed by atoms with Crippen molar-refractivity contribution in [2.45, 2.75) is 12.5 Å². The van der Waals surface area contributed by atoms with Gasteiger partial charge in [-0.15, -0.1) is 11.3 Å². The van der Waals surface area contributed by atoms with Crippen molar-refractivity contribution in [3.63, 3.8) is 0 Å². The molecule has 0 saturated carbocycles. The third-order valence-corrected chi connectivity index (χ3v) is 4.84. The molecule has 6 heteroatoms. The number of rotatable bonds is 2. The third-order valence-electron chi connectivity index (χ3n) is 3.48. The Morgan fingerprint density at radius 3 is 2.57 bits per heavy atom. The normalized spacial score (nSPS) is 20.8. The number of carbonyl (C=O) groups excluding carboxylic acids is 1. The molecular weight excluding hydrogens is 302 g/mol. The molecule has 2 aromatic rings. The monoisotopic (exact) mass is 313 g/mol. The van der Waals surface area contributed by atoms with Crippen LogP contribution in [0.1, 0.15) is 17.4 Å². The predicted octanol–water partition coefficient (Wildman–Crippen LogP) is 2.51. The van der Waals surface area contributed by atoms with Crippen LogP contribution < -0.4 is 10.6 Å². The molecule has 1 amide bonds. The summed E-state index contributed by atoms with van der Waals surface area (Å²) in [7, 11) is 0. The van der Waals surface area contributed by atoms with Crippen LogP contribution in [0.4, 0.5) is 0 Å². The van der Waals surface area contributed by atoms with Crippen molar-refractivity contribution in [3.05, 3.63) is 46.2 Å². The van der Waals surface area contributed by atoms with Crippen LogP contribution in [0, 0.1) is 11.3 Å². The van der Waals surface area contributed by atoms with E-state index in [2.05, 4.69) is 16.7 Å². The fraction of sp³-hybridized carbons (Fsp3) is 0.133. The van der Waals surface area contributed by atoms with Crippen LogP contribution in [0.5, 0.6) is 0 Å². The fourth-order valence-electron chi connectivity index (χ4n) is 2.20. The first-order valence-electron chi connectivity index (χ1n) is 6.26. The summed E-state index contributed by atoms with van der Waals surface area (Å²) < 4.78 is 0. The van der Waals surface area contributed by atoms with Gasteiger partial charge >= 0.3 is 0 Å². The Morgan fingerprint density at radius 2 is 2.00 bits per heavy atom. The van der Waals surface area contributed by atoms with Gasteiger partial charge in [-0.2, -0.15) is 5.26 Å². The van der Waals surface area contributed by atoms with Crippen molar-refractivity contribution in [1.29, 1.82) is 5.26 Å². The second-order valence-corrected chi connectivity index (χ2v) is 6.24. The molecule has 0 radical (unpaired) electrons. The Bertz CT molecular complexity index is 773. The highest BCUT2D eigenvalue weighted by molar-refractivity contribution is 7.80. The van der Waals surface area contributed by atoms with E-state index in [9.17, 15) is 4.79 Å². The highest BCUT2D eigenvalue weighted by Gasteiger charge is 2.42. The molecule has 4 nitrogen and oxygen atoms in total. The SMILES string of the molecule is CC1(c2cc(-c3ccc(C#N)cc3)cs2)NC(=S)NC1=O. The Morgan fingerprint density at radius 1 is 1.29 bits per heavy atom. The van der Waals surface area contributed by atoms with Crippen molar-refractivity contribution >= 4 is 34.6 Å². The molecule has 2 heterocycles. The number of benzene rings is 1. The molecule has 1 unspecified atom stereocenters. The lowest BCUT2D eigenvalue weighted by molar-refractivity contribution is -0.123. The predicted molar refractivity (Wildman–Crippen MR) is 85.7 cm³/mol. The van der Waals surface area contributed by atoms with Gasteiger partial charge in [-0.25, -0.2) is 0 Å². The van der Waals surface area contributed by atoms with Crippen LogP contribution in [0.25, 0.3) is 11.1 Å². The summed E-state index contributed by atoms with van der Waals surface area (Å²) in [5.74, 6) is -0.138. The summed E-state index contributed by atoms with van der Waals surface area (Å²) in [6.07, 6.45) is 0. The summed E-state index contributed by atoms with van der Waals surface area (Å²) in [4.78, 5) is 12.9. The van der Waals surface area contributed by atoms with E-state index in [1.807, 2.05) is 30.5 Å². The zero-order valence-electron chi connectivity index (χ0n) is 11.1. The molecule has 1 fully saturated rings. The van der Waals surface area contributed by atoms with Crippen LogP contribution in [0.3, 0.4) is 0 Å². The summed E-state index contributed by atoms with van der Waals surface area (Å²) in [5.41, 5.74) is 1.85. The Balaban J connectivity index is 1.95. The minimum Gasteiger partial charge on any atom is -0.344 e. The second kappa shape index (κ2) is 4.95. The van der Waals surface area contributed by atoms with Gasteiger partial charge < -0.3 is 10.6 Å². The smallest absolute Gasteiger partial charge is 0.257 e. The molecule has 1 aromatic carbocycles. The Labute approximate surface area is 131 Å². The lowest BCUT2D eigenvalue weighted by atomic mass is 9.98. The van der Waals surface area contributed by atoms with Crippen LogP contribution >= 0.6 is 23.6 Å². The maximum Gasteiger partial charge on any atom is 0.257 e. The zero-order chi connectivity index (χ0) is 15.0. The molecule has 1 aliphatic heterocycles. The van der Waals surface area contributed by atoms with Crippen molar-refractivity contribution in [3.8, 4) is 17.2 Å². The number of hydrogen-bond acceptors (Lipinski definition) is 4. The standard InChI is InChI=1S/C15H11N3OS2/c1-15(13(19)17-14(20)18-15)12-6-11(8-21-12)10-4-2-9(7-16)3-5-10/h2-6,8H,1H3,(H2,17,18,19,20). The van der Waals surface area contributed by atoms with Crippen molar-refractivity contribution in [2.24, 2.45) is 0 Å². The maximum absolute atomic E-state index is 12.0. The molecule has 1 saturated heterocycles. The van der Waals surface area contributed by atoms with Gasteiger partial charge in [-0.1, -0.05) is 12.1 Å². The molecule has 0 bridgehead atoms. The minimum atomic E-state index is -0.813. The van der Waals surface area contributed by atoms with E-state index in [1.165, 1.54) is 11.3 Å². The van der Waals surface area contributed by atoms with Gasteiger partial charge in [0.1, 0.15) is 0 Å². The van der Waals surface area contributed by atoms with Crippen LogP contribution in [-0.2, 0) is 10.3 Å². The van der Waals surface area contributed by atoms with E-state index >= 15 is 0 Å². The number of carbonyl (C=O) groups is 1. The number of nitrogens with one attached hydrogen (secondary N) is 2. The molecule has 3 rings (SSSR count). The molecule has 1 aliphatic rings. The average molecular weight is 313 g/mol. The van der Waals surface area contributed by atoms with Gasteiger partial charge in [0.15, 0.2) is 10.7 Å². The number of hydrogen-bond donors (Lipinski definition) is 2. The molecular formula is C15H11N3OS2. The quantitative estimate of drug-likeness (QED) is 0.836. The zero-order valence-corrected chi connectivity index (χ0v) is 12.8. The molecule has 104 valence electrons. The largest absolute Gasteiger partial charge is 0.344 e. The summed E-state index contributed by atoms with van der Waals surface area (Å²) in [6.45, 7) is 1.82. The third kappa shape index (κ3) is 2.31. The first-order valence-corrected chi connectivity index (χ1v) is 7.55. The van der Waals surface area contributed by atoms with Crippen molar-refractivity contribution in [2.75, 3.05) is 0 Å². The summed E-state index contributed by atoms with van der Waals surface area (Å²) in [5, 5.41) is 16.8. The van der Waals surface area contributed by atoms with Gasteiger partial charge in [0, 0.05) is 4.88 Å². The number of nitriles is 1. The van der Waals surface area contributed by atoms with E-state index in [1.54, 1.807) is 12.1 Å². The number of nitrogens with zero attached hydrogens (tertiary/aromatic N) is 1. The van der Waals surface area contributed by atoms with Crippen LogP contribution in [0.2, 0.25) is 0 Å². The molecule has 1 atom stereocenters. The summed E-state index contributed by atoms with van der Waals surface area (Å²) in [6, 6.07) is 11.4. The van der Waals surface area contributed by atoms with E-state index in [4.69, 9.17) is 17.5 Å². The maximum atomic E-state index is 12.0. The molecule has 21 heavy (non-hydrogen) atoms. The molecule has 0 aliphatic carbocycles. The van der Waals surface area contributed by atoms with Crippen LogP contribution in [0.15, 0.2) is 35.7 Å². The van der Waals surface area contributed by atoms with E-state index in [-0.39, 0.29) is 5.91 Å². The average Bonchev–Trinajstić information content (AvgIpc) is 3.06. The Hall–Kier alpha value is -2.23. The highest BCUT2D eigenvalue weighted by Crippen LogP contribution is 2.34. The van der Waals surface area contributed by atoms with Crippen LogP contribution in [-0.4, -0.2) is 11.0 Å². The van der Waals surface area contributed by atoms with E-state index in [0.29, 0.717) is 10.7 Å². The van der Waals surface area contributed by atoms with Gasteiger partial charge in [-0.05, 0) is 53.8 Å². The van der Waals surface area contributed by atoms with Gasteiger partial charge in [0.25, 0.3) is 5.91 Å². The first kappa shape index (κ1) is 13.7. The van der Waals surface area contributed by atoms with Gasteiger partial charge in [0.05, 0.1) is 11.6 Å². The number of thiocarbonyl (C=S) groups is 1. The van der Waals surface area contributed by atoms with E-state index in [0.717, 1.165) is 16.0 Å².